The number of ether oxygens (including phenoxy) is 10. The van der Waals surface area contributed by atoms with Crippen LogP contribution in [0.1, 0.15) is 201 Å². The number of carbonyl (C=O) groups excluding carboxylic acids is 2. The molecule has 7 saturated heterocycles. The molecule has 7 heterocycles. The monoisotopic (exact) mass is 1340 g/mol. The van der Waals surface area contributed by atoms with E-state index in [0.717, 1.165) is 58.3 Å². The molecule has 0 saturated carbocycles. The van der Waals surface area contributed by atoms with Crippen molar-refractivity contribution >= 4 is 11.8 Å². The lowest BCUT2D eigenvalue weighted by molar-refractivity contribution is -0.398. The summed E-state index contributed by atoms with van der Waals surface area (Å²) in [5.41, 5.74) is 0. The zero-order chi connectivity index (χ0) is 67.8. The molecular formula is C65H118N2O26. The van der Waals surface area contributed by atoms with Crippen molar-refractivity contribution in [3.05, 3.63) is 0 Å². The Bertz CT molecular complexity index is 2050. The predicted octanol–water partition coefficient (Wildman–Crippen LogP) is 0.328. The summed E-state index contributed by atoms with van der Waals surface area (Å²) < 4.78 is 61.6. The van der Waals surface area contributed by atoms with Crippen LogP contribution in [0.2, 0.25) is 0 Å². The number of aliphatic hydroxyl groups excluding tert-OH is 14. The number of morpholine rings is 1. The molecular weight excluding hydrogens is 1220 g/mol. The smallest absolute Gasteiger partial charge is 0.280 e. The average molecular weight is 1340 g/mol. The quantitative estimate of drug-likeness (QED) is 0.0366. The van der Waals surface area contributed by atoms with E-state index in [4.69, 9.17) is 47.4 Å². The zero-order valence-electron chi connectivity index (χ0n) is 55.3. The van der Waals surface area contributed by atoms with Crippen molar-refractivity contribution in [2.75, 3.05) is 33.0 Å². The van der Waals surface area contributed by atoms with Crippen LogP contribution in [0.5, 0.6) is 0 Å². The molecule has 28 nitrogen and oxygen atoms in total. The number of nitrogens with one attached hydrogen (secondary N) is 2. The molecule has 0 aliphatic carbocycles. The number of hydrogen-bond acceptors (Lipinski definition) is 26. The first-order valence-electron chi connectivity index (χ1n) is 35.1. The van der Waals surface area contributed by atoms with Gasteiger partial charge in [0.2, 0.25) is 5.91 Å². The van der Waals surface area contributed by atoms with Crippen LogP contribution >= 0.6 is 0 Å². The van der Waals surface area contributed by atoms with E-state index in [1.165, 1.54) is 122 Å². The van der Waals surface area contributed by atoms with E-state index in [-0.39, 0.29) is 12.5 Å². The Morgan fingerprint density at radius 1 is 0.548 bits per heavy atom. The van der Waals surface area contributed by atoms with Gasteiger partial charge in [-0.1, -0.05) is 168 Å². The van der Waals surface area contributed by atoms with E-state index in [1.54, 1.807) is 0 Å². The Morgan fingerprint density at radius 3 is 1.51 bits per heavy atom. The zero-order valence-corrected chi connectivity index (χ0v) is 55.3. The lowest BCUT2D eigenvalue weighted by Crippen LogP contribution is -2.77. The lowest BCUT2D eigenvalue weighted by Gasteiger charge is -2.55. The highest BCUT2D eigenvalue weighted by Gasteiger charge is 2.64. The molecule has 0 aromatic rings. The highest BCUT2D eigenvalue weighted by atomic mass is 16.8. The third-order valence-electron chi connectivity index (χ3n) is 19.4. The third kappa shape index (κ3) is 22.5. The SMILES string of the molecule is CCCCCCCCCCCCCCC(CCCCCCCCCCCCCC)CO[C@@H]1O[C@H](CO)[C@H](O)[C@H](O[C@@H]2O[C@H](CO)[C@@H](O[C@@H]3O[C@H](CO)[C@H](O)[C@H](O[C@@]45C[C@H](O)[C@@H](NC4=O)[C@H]([C@H](O)[C@H](O)CO)O5)[C@H]3O)[C@H](O[C@@H]3O[C@@H](C)[C@@H](O)[C@@H](O)[C@@H]3O)[C@H]2NC(C)=O)[C@H]1O. The summed E-state index contributed by atoms with van der Waals surface area (Å²) in [6, 6.07) is -3.04. The Kier molecular flexibility index (Phi) is 35.2. The molecule has 544 valence electrons. The highest BCUT2D eigenvalue weighted by Crippen LogP contribution is 2.42. The Hall–Kier alpha value is -2.02. The number of amides is 2. The fraction of sp³-hybridized carbons (Fsp3) is 0.969. The van der Waals surface area contributed by atoms with Crippen molar-refractivity contribution in [1.82, 2.24) is 10.6 Å². The first-order chi connectivity index (χ1) is 44.7. The van der Waals surface area contributed by atoms with Crippen LogP contribution in [0.4, 0.5) is 0 Å². The first-order valence-corrected chi connectivity index (χ1v) is 35.1. The Labute approximate surface area is 548 Å². The molecule has 7 aliphatic rings. The summed E-state index contributed by atoms with van der Waals surface area (Å²) in [6.45, 7) is 3.31. The molecule has 16 N–H and O–H groups in total. The predicted molar refractivity (Wildman–Crippen MR) is 331 cm³/mol. The summed E-state index contributed by atoms with van der Waals surface area (Å²) in [5.74, 6) is -4.38. The van der Waals surface area contributed by atoms with Crippen LogP contribution < -0.4 is 10.6 Å². The Balaban J connectivity index is 1.21. The van der Waals surface area contributed by atoms with Crippen LogP contribution in [0.3, 0.4) is 0 Å². The molecule has 7 fully saturated rings. The second kappa shape index (κ2) is 40.9. The van der Waals surface area contributed by atoms with Gasteiger partial charge in [-0.05, 0) is 25.7 Å². The van der Waals surface area contributed by atoms with Crippen molar-refractivity contribution in [1.29, 1.82) is 0 Å². The Morgan fingerprint density at radius 2 is 1.00 bits per heavy atom. The van der Waals surface area contributed by atoms with Gasteiger partial charge < -0.3 is 129 Å². The van der Waals surface area contributed by atoms with Gasteiger partial charge in [0.15, 0.2) is 25.2 Å². The molecule has 0 radical (unpaired) electrons. The van der Waals surface area contributed by atoms with Gasteiger partial charge >= 0.3 is 0 Å². The van der Waals surface area contributed by atoms with Crippen LogP contribution in [-0.2, 0) is 57.0 Å². The summed E-state index contributed by atoms with van der Waals surface area (Å²) in [6.07, 6.45) is -11.3. The molecule has 7 aliphatic heterocycles. The van der Waals surface area contributed by atoms with Crippen LogP contribution in [0.25, 0.3) is 0 Å². The molecule has 2 bridgehead atoms. The number of hydrogen-bond donors (Lipinski definition) is 16. The van der Waals surface area contributed by atoms with Gasteiger partial charge in [-0.3, -0.25) is 9.59 Å². The van der Waals surface area contributed by atoms with Crippen LogP contribution in [0, 0.1) is 5.92 Å². The normalized spacial score (nSPS) is 37.9. The van der Waals surface area contributed by atoms with Crippen molar-refractivity contribution in [2.45, 2.75) is 360 Å². The van der Waals surface area contributed by atoms with Gasteiger partial charge in [0.05, 0.1) is 51.3 Å². The van der Waals surface area contributed by atoms with Crippen molar-refractivity contribution < 1.29 is 128 Å². The maximum Gasteiger partial charge on any atom is 0.280 e. The number of piperidine rings is 1. The van der Waals surface area contributed by atoms with Crippen LogP contribution in [0.15, 0.2) is 0 Å². The van der Waals surface area contributed by atoms with Gasteiger partial charge in [0.25, 0.3) is 11.7 Å². The van der Waals surface area contributed by atoms with Crippen molar-refractivity contribution in [3.63, 3.8) is 0 Å². The minimum atomic E-state index is -2.62. The summed E-state index contributed by atoms with van der Waals surface area (Å²) >= 11 is 0. The van der Waals surface area contributed by atoms with E-state index < -0.39 is 204 Å². The number of fused-ring (bicyclic) bond motifs is 3. The number of aliphatic hydroxyl groups is 14. The average Bonchev–Trinajstić information content (AvgIpc) is 0.745. The van der Waals surface area contributed by atoms with Crippen molar-refractivity contribution in [2.24, 2.45) is 5.92 Å². The summed E-state index contributed by atoms with van der Waals surface area (Å²) in [7, 11) is 0. The first kappa shape index (κ1) is 80.0. The number of rotatable bonds is 44. The van der Waals surface area contributed by atoms with Gasteiger partial charge in [0, 0.05) is 13.3 Å². The number of unbranched alkanes of at least 4 members (excludes halogenated alkanes) is 22. The number of carbonyl (C=O) groups is 2. The molecule has 0 spiro atoms. The molecule has 26 atom stereocenters. The maximum atomic E-state index is 13.7. The van der Waals surface area contributed by atoms with Gasteiger partial charge in [-0.15, -0.1) is 0 Å². The van der Waals surface area contributed by atoms with E-state index in [1.807, 2.05) is 0 Å². The largest absolute Gasteiger partial charge is 0.394 e. The second-order valence-corrected chi connectivity index (χ2v) is 26.8. The molecule has 93 heavy (non-hydrogen) atoms. The molecule has 0 aromatic heterocycles. The van der Waals surface area contributed by atoms with Gasteiger partial charge in [0.1, 0.15) is 110 Å². The lowest BCUT2D eigenvalue weighted by atomic mass is 9.84. The van der Waals surface area contributed by atoms with E-state index >= 15 is 0 Å². The minimum Gasteiger partial charge on any atom is -0.394 e. The standard InChI is InChI=1S/C65H118N2O26/c1-5-7-9-11-13-15-17-19-21-23-25-27-29-39(30-28-26-24-22-20-18-16-14-12-10-8-6-2)36-84-61-53(81)58(49(77)42(33-69)86-61)91-60-46(66-38(4)72)57(90-62-52(80)51(79)47(75)37(3)85-62)55(44(35-71)88-60)89-63-54(82)59(50(78)43(34-70)87-63)93-65-31-40(73)45(67-64(65)83)56(92-65)48(76)41(74)32-68/h37,39-63,68-71,73-82H,5-36H2,1-4H3,(H,66,72)(H,67,83)/t37-,40-,41+,42+,43+,44+,45+,46+,47+,48+,49-,50-,51+,52-,53+,54+,55+,56+,57+,58-,59-,60-,61+,62-,63-,65-/m0/s1. The highest BCUT2D eigenvalue weighted by molar-refractivity contribution is 5.86. The van der Waals surface area contributed by atoms with Crippen LogP contribution in [-0.4, -0.2) is 275 Å². The second-order valence-electron chi connectivity index (χ2n) is 26.8. The molecule has 0 aromatic carbocycles. The van der Waals surface area contributed by atoms with Gasteiger partial charge in [-0.2, -0.15) is 0 Å². The molecule has 0 unspecified atom stereocenters. The molecule has 2 amide bonds. The maximum absolute atomic E-state index is 13.7. The minimum absolute atomic E-state index is 0.0717. The fourth-order valence-corrected chi connectivity index (χ4v) is 13.7. The van der Waals surface area contributed by atoms with Crippen molar-refractivity contribution in [3.8, 4) is 0 Å². The molecule has 7 rings (SSSR count). The van der Waals surface area contributed by atoms with E-state index in [9.17, 15) is 81.1 Å². The summed E-state index contributed by atoms with van der Waals surface area (Å²) in [5, 5.41) is 160. The molecule has 28 heteroatoms. The van der Waals surface area contributed by atoms with Gasteiger partial charge in [-0.25, -0.2) is 0 Å². The van der Waals surface area contributed by atoms with E-state index in [0.29, 0.717) is 0 Å². The fourth-order valence-electron chi connectivity index (χ4n) is 13.7. The van der Waals surface area contributed by atoms with E-state index in [2.05, 4.69) is 24.5 Å². The topological polar surface area (TPSA) is 434 Å². The third-order valence-corrected chi connectivity index (χ3v) is 19.4. The summed E-state index contributed by atoms with van der Waals surface area (Å²) in [4.78, 5) is 27.0.